The molecule has 1 aliphatic carbocycles. The number of likely N-dealkylation sites (tertiary alicyclic amines) is 1. The van der Waals surface area contributed by atoms with Crippen LogP contribution in [-0.2, 0) is 4.79 Å². The average molecular weight is 167 g/mol. The molecule has 0 aromatic heterocycles. The lowest BCUT2D eigenvalue weighted by Gasteiger charge is -2.22. The van der Waals surface area contributed by atoms with Gasteiger partial charge in [0.05, 0.1) is 0 Å². The molecule has 1 aliphatic heterocycles. The Kier molecular flexibility index (Phi) is 2.07. The van der Waals surface area contributed by atoms with Crippen molar-refractivity contribution in [1.29, 1.82) is 0 Å². The highest BCUT2D eigenvalue weighted by Crippen LogP contribution is 2.35. The minimum absolute atomic E-state index is 0.268. The van der Waals surface area contributed by atoms with Crippen LogP contribution in [0.5, 0.6) is 0 Å². The van der Waals surface area contributed by atoms with E-state index in [1.807, 2.05) is 4.90 Å². The minimum atomic E-state index is 0.268. The lowest BCUT2D eigenvalue weighted by Crippen LogP contribution is -2.25. The molecule has 0 aromatic rings. The monoisotopic (exact) mass is 167 g/mol. The topological polar surface area (TPSA) is 20.3 Å². The number of fused-ring (bicyclic) bond motifs is 1. The third-order valence-electron chi connectivity index (χ3n) is 3.42. The number of amides is 1. The van der Waals surface area contributed by atoms with E-state index in [4.69, 9.17) is 0 Å². The fourth-order valence-corrected chi connectivity index (χ4v) is 2.66. The zero-order chi connectivity index (χ0) is 8.55. The van der Waals surface area contributed by atoms with Crippen LogP contribution in [-0.4, -0.2) is 23.9 Å². The first kappa shape index (κ1) is 8.09. The second kappa shape index (κ2) is 3.08. The van der Waals surface area contributed by atoms with Crippen LogP contribution in [0.2, 0.25) is 0 Å². The molecule has 1 saturated carbocycles. The quantitative estimate of drug-likeness (QED) is 0.537. The summed E-state index contributed by atoms with van der Waals surface area (Å²) in [5, 5.41) is 0. The summed E-state index contributed by atoms with van der Waals surface area (Å²) in [5.74, 6) is 1.94. The highest BCUT2D eigenvalue weighted by atomic mass is 16.2. The molecule has 2 rings (SSSR count). The molecule has 0 unspecified atom stereocenters. The lowest BCUT2D eigenvalue weighted by molar-refractivity contribution is -0.128. The molecule has 1 heterocycles. The largest absolute Gasteiger partial charge is 0.342 e. The molecule has 0 bridgehead atoms. The molecular weight excluding hydrogens is 150 g/mol. The second-order valence-electron chi connectivity index (χ2n) is 4.23. The van der Waals surface area contributed by atoms with Gasteiger partial charge in [-0.3, -0.25) is 4.79 Å². The normalized spacial score (nSPS) is 34.9. The van der Waals surface area contributed by atoms with Crippen LogP contribution in [0.1, 0.15) is 32.6 Å². The SMILES string of the molecule is CC(=O)N1C[C@H]2CCCC[C@H]2C1. The molecule has 2 heteroatoms. The molecule has 2 nitrogen and oxygen atoms in total. The van der Waals surface area contributed by atoms with Gasteiger partial charge in [0.1, 0.15) is 0 Å². The van der Waals surface area contributed by atoms with Gasteiger partial charge in [-0.2, -0.15) is 0 Å². The summed E-state index contributed by atoms with van der Waals surface area (Å²) in [7, 11) is 0. The molecule has 1 saturated heterocycles. The molecule has 0 N–H and O–H groups in total. The molecular formula is C10H17NO. The van der Waals surface area contributed by atoms with Crippen molar-refractivity contribution in [2.45, 2.75) is 32.6 Å². The van der Waals surface area contributed by atoms with Crippen LogP contribution < -0.4 is 0 Å². The molecule has 2 fully saturated rings. The van der Waals surface area contributed by atoms with Gasteiger partial charge in [0.15, 0.2) is 0 Å². The number of carbonyl (C=O) groups excluding carboxylic acids is 1. The fraction of sp³-hybridized carbons (Fsp3) is 0.900. The Labute approximate surface area is 73.9 Å². The van der Waals surface area contributed by atoms with Crippen molar-refractivity contribution in [3.63, 3.8) is 0 Å². The predicted octanol–water partition coefficient (Wildman–Crippen LogP) is 1.65. The molecule has 0 radical (unpaired) electrons. The molecule has 0 spiro atoms. The third kappa shape index (κ3) is 1.35. The van der Waals surface area contributed by atoms with E-state index in [0.717, 1.165) is 24.9 Å². The van der Waals surface area contributed by atoms with E-state index >= 15 is 0 Å². The van der Waals surface area contributed by atoms with E-state index in [-0.39, 0.29) is 5.91 Å². The minimum Gasteiger partial charge on any atom is -0.342 e. The summed E-state index contributed by atoms with van der Waals surface area (Å²) < 4.78 is 0. The zero-order valence-electron chi connectivity index (χ0n) is 7.75. The number of nitrogens with zero attached hydrogens (tertiary/aromatic N) is 1. The maximum absolute atomic E-state index is 11.1. The van der Waals surface area contributed by atoms with Crippen molar-refractivity contribution in [3.8, 4) is 0 Å². The fourth-order valence-electron chi connectivity index (χ4n) is 2.66. The van der Waals surface area contributed by atoms with Crippen LogP contribution in [0.4, 0.5) is 0 Å². The average Bonchev–Trinajstić information content (AvgIpc) is 2.46. The highest BCUT2D eigenvalue weighted by molar-refractivity contribution is 5.73. The standard InChI is InChI=1S/C10H17NO/c1-8(12)11-6-9-4-2-3-5-10(9)7-11/h9-10H,2-7H2,1H3/t9-,10+. The van der Waals surface area contributed by atoms with Crippen LogP contribution >= 0.6 is 0 Å². The number of hydrogen-bond donors (Lipinski definition) is 0. The Balaban J connectivity index is 1.98. The highest BCUT2D eigenvalue weighted by Gasteiger charge is 2.34. The number of carbonyl (C=O) groups is 1. The van der Waals surface area contributed by atoms with Gasteiger partial charge in [0.25, 0.3) is 0 Å². The van der Waals surface area contributed by atoms with Crippen molar-refractivity contribution in [2.24, 2.45) is 11.8 Å². The molecule has 0 aromatic carbocycles. The Morgan fingerprint density at radius 1 is 1.17 bits per heavy atom. The Morgan fingerprint density at radius 2 is 1.67 bits per heavy atom. The predicted molar refractivity (Wildman–Crippen MR) is 47.7 cm³/mol. The summed E-state index contributed by atoms with van der Waals surface area (Å²) in [6, 6.07) is 0. The lowest BCUT2D eigenvalue weighted by atomic mass is 9.82. The first-order chi connectivity index (χ1) is 5.77. The smallest absolute Gasteiger partial charge is 0.219 e. The van der Waals surface area contributed by atoms with Crippen molar-refractivity contribution >= 4 is 5.91 Å². The van der Waals surface area contributed by atoms with Crippen LogP contribution in [0, 0.1) is 11.8 Å². The van der Waals surface area contributed by atoms with E-state index in [0.29, 0.717) is 0 Å². The summed E-state index contributed by atoms with van der Waals surface area (Å²) in [5.41, 5.74) is 0. The van der Waals surface area contributed by atoms with E-state index in [9.17, 15) is 4.79 Å². The molecule has 2 aliphatic rings. The van der Waals surface area contributed by atoms with Gasteiger partial charge in [0.2, 0.25) is 5.91 Å². The van der Waals surface area contributed by atoms with Crippen LogP contribution in [0.25, 0.3) is 0 Å². The van der Waals surface area contributed by atoms with E-state index in [2.05, 4.69) is 0 Å². The number of rotatable bonds is 0. The van der Waals surface area contributed by atoms with Crippen molar-refractivity contribution in [3.05, 3.63) is 0 Å². The van der Waals surface area contributed by atoms with Crippen LogP contribution in [0.3, 0.4) is 0 Å². The van der Waals surface area contributed by atoms with E-state index in [1.165, 1.54) is 25.7 Å². The van der Waals surface area contributed by atoms with Gasteiger partial charge in [-0.15, -0.1) is 0 Å². The maximum Gasteiger partial charge on any atom is 0.219 e. The van der Waals surface area contributed by atoms with Gasteiger partial charge < -0.3 is 4.90 Å². The third-order valence-corrected chi connectivity index (χ3v) is 3.42. The molecule has 68 valence electrons. The molecule has 12 heavy (non-hydrogen) atoms. The Hall–Kier alpha value is -0.530. The number of hydrogen-bond acceptors (Lipinski definition) is 1. The van der Waals surface area contributed by atoms with Crippen LogP contribution in [0.15, 0.2) is 0 Å². The first-order valence-corrected chi connectivity index (χ1v) is 5.03. The van der Waals surface area contributed by atoms with E-state index in [1.54, 1.807) is 6.92 Å². The van der Waals surface area contributed by atoms with Gasteiger partial charge in [-0.05, 0) is 24.7 Å². The summed E-state index contributed by atoms with van der Waals surface area (Å²) >= 11 is 0. The van der Waals surface area contributed by atoms with Crippen molar-refractivity contribution in [1.82, 2.24) is 4.90 Å². The van der Waals surface area contributed by atoms with E-state index < -0.39 is 0 Å². The summed E-state index contributed by atoms with van der Waals surface area (Å²) in [4.78, 5) is 13.1. The van der Waals surface area contributed by atoms with Gasteiger partial charge in [0, 0.05) is 20.0 Å². The zero-order valence-corrected chi connectivity index (χ0v) is 7.75. The van der Waals surface area contributed by atoms with Gasteiger partial charge >= 0.3 is 0 Å². The summed E-state index contributed by atoms with van der Waals surface area (Å²) in [6.07, 6.45) is 5.47. The summed E-state index contributed by atoms with van der Waals surface area (Å²) in [6.45, 7) is 3.78. The van der Waals surface area contributed by atoms with Gasteiger partial charge in [-0.1, -0.05) is 12.8 Å². The second-order valence-corrected chi connectivity index (χ2v) is 4.23. The Morgan fingerprint density at radius 3 is 2.08 bits per heavy atom. The van der Waals surface area contributed by atoms with Gasteiger partial charge in [-0.25, -0.2) is 0 Å². The van der Waals surface area contributed by atoms with Crippen molar-refractivity contribution in [2.75, 3.05) is 13.1 Å². The van der Waals surface area contributed by atoms with Crippen molar-refractivity contribution < 1.29 is 4.79 Å². The maximum atomic E-state index is 11.1. The Bertz CT molecular complexity index is 176. The first-order valence-electron chi connectivity index (χ1n) is 5.03. The molecule has 2 atom stereocenters. The molecule has 1 amide bonds.